The zero-order chi connectivity index (χ0) is 20.3. The van der Waals surface area contributed by atoms with Crippen molar-refractivity contribution in [3.05, 3.63) is 95.8 Å². The molecule has 0 unspecified atom stereocenters. The summed E-state index contributed by atoms with van der Waals surface area (Å²) in [5.41, 5.74) is 8.63. The summed E-state index contributed by atoms with van der Waals surface area (Å²) in [7, 11) is 0. The zero-order valence-corrected chi connectivity index (χ0v) is 16.6. The lowest BCUT2D eigenvalue weighted by molar-refractivity contribution is 1.26. The summed E-state index contributed by atoms with van der Waals surface area (Å²) in [6.07, 6.45) is 5.10. The molecule has 5 rings (SSSR count). The van der Waals surface area contributed by atoms with Gasteiger partial charge in [0.25, 0.3) is 0 Å². The number of nitrogens with one attached hydrogen (secondary N) is 1. The van der Waals surface area contributed by atoms with Gasteiger partial charge in [0, 0.05) is 22.8 Å². The predicted octanol–water partition coefficient (Wildman–Crippen LogP) is 5.94. The van der Waals surface area contributed by atoms with Gasteiger partial charge in [-0.3, -0.25) is 15.4 Å². The fourth-order valence-corrected chi connectivity index (χ4v) is 3.52. The predicted molar refractivity (Wildman–Crippen MR) is 123 cm³/mol. The number of halogens is 1. The topological polar surface area (TPSA) is 63.1 Å². The van der Waals surface area contributed by atoms with Gasteiger partial charge in [0.15, 0.2) is 0 Å². The number of rotatable bonds is 4. The minimum Gasteiger partial charge on any atom is -0.261 e. The maximum absolute atomic E-state index is 6.23. The van der Waals surface area contributed by atoms with Crippen molar-refractivity contribution < 1.29 is 0 Å². The molecule has 0 aliphatic carbocycles. The van der Waals surface area contributed by atoms with E-state index in [9.17, 15) is 0 Å². The van der Waals surface area contributed by atoms with Crippen molar-refractivity contribution in [2.45, 2.75) is 0 Å². The number of hydrazone groups is 1. The first-order chi connectivity index (χ1) is 14.8. The van der Waals surface area contributed by atoms with Crippen molar-refractivity contribution in [3.63, 3.8) is 0 Å². The van der Waals surface area contributed by atoms with Gasteiger partial charge in [-0.25, -0.2) is 4.98 Å². The molecule has 5 nitrogen and oxygen atoms in total. The SMILES string of the molecule is Clc1ccc2nc(NN=Cc3ccc4nccnc4c3)cc(-c3ccccc3)c2c1. The molecule has 0 aliphatic heterocycles. The molecule has 0 atom stereocenters. The Morgan fingerprint density at radius 3 is 2.47 bits per heavy atom. The second-order valence-corrected chi connectivity index (χ2v) is 7.19. The van der Waals surface area contributed by atoms with Gasteiger partial charge < -0.3 is 0 Å². The largest absolute Gasteiger partial charge is 0.261 e. The molecule has 0 radical (unpaired) electrons. The number of hydrogen-bond donors (Lipinski definition) is 1. The summed E-state index contributed by atoms with van der Waals surface area (Å²) in [6, 6.07) is 23.7. The highest BCUT2D eigenvalue weighted by Crippen LogP contribution is 2.31. The molecular formula is C24H16ClN5. The Labute approximate surface area is 178 Å². The normalized spacial score (nSPS) is 11.4. The fraction of sp³-hybridized carbons (Fsp3) is 0. The van der Waals surface area contributed by atoms with Crippen LogP contribution in [0.15, 0.2) is 90.3 Å². The minimum atomic E-state index is 0.653. The summed E-state index contributed by atoms with van der Waals surface area (Å²) >= 11 is 6.23. The van der Waals surface area contributed by atoms with Gasteiger partial charge >= 0.3 is 0 Å². The van der Waals surface area contributed by atoms with Crippen LogP contribution in [0.3, 0.4) is 0 Å². The Morgan fingerprint density at radius 1 is 0.800 bits per heavy atom. The van der Waals surface area contributed by atoms with Crippen LogP contribution in [0.1, 0.15) is 5.56 Å². The smallest absolute Gasteiger partial charge is 0.147 e. The van der Waals surface area contributed by atoms with E-state index in [4.69, 9.17) is 11.6 Å². The number of pyridine rings is 1. The van der Waals surface area contributed by atoms with Gasteiger partial charge in [-0.2, -0.15) is 5.10 Å². The van der Waals surface area contributed by atoms with Gasteiger partial charge in [-0.15, -0.1) is 0 Å². The third-order valence-corrected chi connectivity index (χ3v) is 4.98. The van der Waals surface area contributed by atoms with Crippen molar-refractivity contribution in [3.8, 4) is 11.1 Å². The van der Waals surface area contributed by atoms with Crippen molar-refractivity contribution in [1.29, 1.82) is 0 Å². The molecule has 30 heavy (non-hydrogen) atoms. The lowest BCUT2D eigenvalue weighted by Crippen LogP contribution is -1.96. The van der Waals surface area contributed by atoms with Gasteiger partial charge in [-0.1, -0.05) is 48.0 Å². The van der Waals surface area contributed by atoms with Crippen molar-refractivity contribution in [2.24, 2.45) is 5.10 Å². The summed E-state index contributed by atoms with van der Waals surface area (Å²) in [5.74, 6) is 0.653. The van der Waals surface area contributed by atoms with E-state index in [0.29, 0.717) is 10.8 Å². The Balaban J connectivity index is 1.49. The van der Waals surface area contributed by atoms with Crippen LogP contribution >= 0.6 is 11.6 Å². The average Bonchev–Trinajstić information content (AvgIpc) is 2.79. The van der Waals surface area contributed by atoms with Crippen LogP contribution in [0, 0.1) is 0 Å². The number of anilines is 1. The zero-order valence-electron chi connectivity index (χ0n) is 15.8. The molecule has 0 spiro atoms. The second kappa shape index (κ2) is 7.89. The lowest BCUT2D eigenvalue weighted by Gasteiger charge is -2.10. The molecular weight excluding hydrogens is 394 g/mol. The first kappa shape index (κ1) is 18.2. The van der Waals surface area contributed by atoms with Crippen molar-refractivity contribution in [1.82, 2.24) is 15.0 Å². The van der Waals surface area contributed by atoms with Crippen molar-refractivity contribution in [2.75, 3.05) is 5.43 Å². The quantitative estimate of drug-likeness (QED) is 0.294. The Kier molecular flexibility index (Phi) is 4.79. The molecule has 5 aromatic rings. The van der Waals surface area contributed by atoms with E-state index in [1.165, 1.54) is 0 Å². The number of benzene rings is 3. The molecule has 2 aromatic heterocycles. The first-order valence-corrected chi connectivity index (χ1v) is 9.80. The van der Waals surface area contributed by atoms with E-state index in [-0.39, 0.29) is 0 Å². The second-order valence-electron chi connectivity index (χ2n) is 6.76. The van der Waals surface area contributed by atoms with Crippen LogP contribution in [0.5, 0.6) is 0 Å². The van der Waals surface area contributed by atoms with Crippen LogP contribution in [0.2, 0.25) is 5.02 Å². The van der Waals surface area contributed by atoms with E-state index in [1.807, 2.05) is 60.7 Å². The highest BCUT2D eigenvalue weighted by Gasteiger charge is 2.08. The van der Waals surface area contributed by atoms with Gasteiger partial charge in [0.05, 0.1) is 22.8 Å². The van der Waals surface area contributed by atoms with E-state index in [1.54, 1.807) is 18.6 Å². The Hall–Kier alpha value is -3.83. The van der Waals surface area contributed by atoms with Gasteiger partial charge in [0.1, 0.15) is 5.82 Å². The standard InChI is InChI=1S/C24H16ClN5/c25-18-7-9-21-20(13-18)19(17-4-2-1-3-5-17)14-24(29-21)30-28-15-16-6-8-22-23(12-16)27-11-10-26-22/h1-15H,(H,29,30). The molecule has 0 saturated heterocycles. The third-order valence-electron chi connectivity index (χ3n) is 4.74. The van der Waals surface area contributed by atoms with Gasteiger partial charge in [0.2, 0.25) is 0 Å². The average molecular weight is 410 g/mol. The van der Waals surface area contributed by atoms with Crippen LogP contribution in [-0.2, 0) is 0 Å². The number of nitrogens with zero attached hydrogens (tertiary/aromatic N) is 4. The van der Waals surface area contributed by atoms with E-state index in [2.05, 4.69) is 37.6 Å². The number of hydrogen-bond acceptors (Lipinski definition) is 5. The van der Waals surface area contributed by atoms with Crippen molar-refractivity contribution >= 4 is 45.6 Å². The lowest BCUT2D eigenvalue weighted by atomic mass is 10.0. The Bertz CT molecular complexity index is 1380. The number of aromatic nitrogens is 3. The molecule has 0 saturated carbocycles. The van der Waals surface area contributed by atoms with Gasteiger partial charge in [-0.05, 0) is 53.1 Å². The summed E-state index contributed by atoms with van der Waals surface area (Å²) in [4.78, 5) is 13.3. The molecule has 6 heteroatoms. The molecule has 3 aromatic carbocycles. The molecule has 0 aliphatic rings. The van der Waals surface area contributed by atoms with E-state index < -0.39 is 0 Å². The molecule has 0 amide bonds. The maximum Gasteiger partial charge on any atom is 0.147 e. The fourth-order valence-electron chi connectivity index (χ4n) is 3.35. The molecule has 0 bridgehead atoms. The molecule has 144 valence electrons. The highest BCUT2D eigenvalue weighted by molar-refractivity contribution is 6.31. The highest BCUT2D eigenvalue weighted by atomic mass is 35.5. The van der Waals surface area contributed by atoms with E-state index >= 15 is 0 Å². The van der Waals surface area contributed by atoms with Crippen LogP contribution < -0.4 is 5.43 Å². The van der Waals surface area contributed by atoms with Crippen LogP contribution in [0.4, 0.5) is 5.82 Å². The monoisotopic (exact) mass is 409 g/mol. The third kappa shape index (κ3) is 3.71. The van der Waals surface area contributed by atoms with Crippen LogP contribution in [0.25, 0.3) is 33.1 Å². The minimum absolute atomic E-state index is 0.653. The van der Waals surface area contributed by atoms with Crippen LogP contribution in [-0.4, -0.2) is 21.2 Å². The summed E-state index contributed by atoms with van der Waals surface area (Å²) in [6.45, 7) is 0. The summed E-state index contributed by atoms with van der Waals surface area (Å²) in [5, 5.41) is 6.04. The first-order valence-electron chi connectivity index (χ1n) is 9.42. The molecule has 0 fully saturated rings. The Morgan fingerprint density at radius 2 is 1.60 bits per heavy atom. The molecule has 2 heterocycles. The van der Waals surface area contributed by atoms with E-state index in [0.717, 1.165) is 38.6 Å². The summed E-state index contributed by atoms with van der Waals surface area (Å²) < 4.78 is 0. The maximum atomic E-state index is 6.23. The molecule has 1 N–H and O–H groups in total. The number of fused-ring (bicyclic) bond motifs is 2.